The Kier molecular flexibility index (Phi) is 8.76. The number of amides is 1. The topological polar surface area (TPSA) is 95.8 Å². The molecule has 152 valence electrons. The Morgan fingerprint density at radius 1 is 1.21 bits per heavy atom. The van der Waals surface area contributed by atoms with Crippen LogP contribution in [0, 0.1) is 0 Å². The highest BCUT2D eigenvalue weighted by molar-refractivity contribution is 7.99. The number of esters is 1. The molecule has 1 amide bonds. The van der Waals surface area contributed by atoms with Crippen molar-refractivity contribution in [2.75, 3.05) is 46.3 Å². The highest BCUT2D eigenvalue weighted by atomic mass is 32.2. The molecule has 10 heteroatoms. The zero-order valence-corrected chi connectivity index (χ0v) is 17.0. The van der Waals surface area contributed by atoms with Gasteiger partial charge in [0.15, 0.2) is 5.16 Å². The second kappa shape index (κ2) is 11.3. The van der Waals surface area contributed by atoms with Crippen molar-refractivity contribution in [2.24, 2.45) is 0 Å². The van der Waals surface area contributed by atoms with Crippen molar-refractivity contribution >= 4 is 23.6 Å². The largest absolute Gasteiger partial charge is 0.497 e. The maximum absolute atomic E-state index is 12.6. The van der Waals surface area contributed by atoms with E-state index in [1.807, 2.05) is 24.3 Å². The minimum atomic E-state index is -0.446. The van der Waals surface area contributed by atoms with E-state index < -0.39 is 5.97 Å². The van der Waals surface area contributed by atoms with Crippen LogP contribution in [0.15, 0.2) is 35.7 Å². The summed E-state index contributed by atoms with van der Waals surface area (Å²) in [5.41, 5.74) is 0.850. The summed E-state index contributed by atoms with van der Waals surface area (Å²) in [7, 11) is 3.14. The quantitative estimate of drug-likeness (QED) is 0.407. The van der Waals surface area contributed by atoms with Gasteiger partial charge in [-0.05, 0) is 31.2 Å². The van der Waals surface area contributed by atoms with Crippen molar-refractivity contribution in [3.8, 4) is 11.4 Å². The monoisotopic (exact) mass is 408 g/mol. The van der Waals surface area contributed by atoms with E-state index >= 15 is 0 Å². The van der Waals surface area contributed by atoms with Crippen LogP contribution in [0.2, 0.25) is 0 Å². The number of aromatic nitrogens is 3. The summed E-state index contributed by atoms with van der Waals surface area (Å²) in [6.45, 7) is 2.52. The maximum Gasteiger partial charge on any atom is 0.325 e. The van der Waals surface area contributed by atoms with Gasteiger partial charge in [-0.15, -0.1) is 10.2 Å². The van der Waals surface area contributed by atoms with Crippen molar-refractivity contribution in [2.45, 2.75) is 12.1 Å². The van der Waals surface area contributed by atoms with Crippen molar-refractivity contribution in [1.82, 2.24) is 19.7 Å². The zero-order chi connectivity index (χ0) is 20.4. The second-order valence-corrected chi connectivity index (χ2v) is 6.53. The summed E-state index contributed by atoms with van der Waals surface area (Å²) in [6.07, 6.45) is 1.58. The number of rotatable bonds is 11. The standard InChI is InChI=1S/C18H24N4O5S/c1-4-27-17(24)11-21(9-10-25-2)16(23)12-28-18-20-19-13-22(18)14-5-7-15(26-3)8-6-14/h5-8,13H,4,9-12H2,1-3H3. The Bertz CT molecular complexity index is 766. The summed E-state index contributed by atoms with van der Waals surface area (Å²) < 4.78 is 16.9. The number of methoxy groups -OCH3 is 2. The van der Waals surface area contributed by atoms with E-state index in [1.165, 1.54) is 16.7 Å². The Labute approximate surface area is 168 Å². The normalized spacial score (nSPS) is 10.5. The molecule has 0 spiro atoms. The minimum absolute atomic E-state index is 0.109. The minimum Gasteiger partial charge on any atom is -0.497 e. The average molecular weight is 408 g/mol. The van der Waals surface area contributed by atoms with Crippen LogP contribution in [-0.2, 0) is 19.1 Å². The molecule has 0 unspecified atom stereocenters. The van der Waals surface area contributed by atoms with Crippen LogP contribution in [0.4, 0.5) is 0 Å². The Balaban J connectivity index is 2.01. The van der Waals surface area contributed by atoms with Crippen LogP contribution < -0.4 is 4.74 Å². The number of benzene rings is 1. The molecular weight excluding hydrogens is 384 g/mol. The van der Waals surface area contributed by atoms with Gasteiger partial charge in [0, 0.05) is 19.3 Å². The number of hydrogen-bond donors (Lipinski definition) is 0. The molecule has 0 aliphatic heterocycles. The summed E-state index contributed by atoms with van der Waals surface area (Å²) >= 11 is 1.24. The fourth-order valence-corrected chi connectivity index (χ4v) is 3.15. The van der Waals surface area contributed by atoms with Crippen molar-refractivity contribution in [1.29, 1.82) is 0 Å². The maximum atomic E-state index is 12.6. The van der Waals surface area contributed by atoms with Crippen LogP contribution in [0.3, 0.4) is 0 Å². The van der Waals surface area contributed by atoms with Gasteiger partial charge in [-0.3, -0.25) is 14.2 Å². The van der Waals surface area contributed by atoms with Gasteiger partial charge in [0.25, 0.3) is 0 Å². The molecule has 0 bridgehead atoms. The first-order valence-corrected chi connectivity index (χ1v) is 9.67. The van der Waals surface area contributed by atoms with Gasteiger partial charge in [-0.1, -0.05) is 11.8 Å². The highest BCUT2D eigenvalue weighted by Crippen LogP contribution is 2.21. The van der Waals surface area contributed by atoms with Gasteiger partial charge in [0.2, 0.25) is 5.91 Å². The van der Waals surface area contributed by atoms with E-state index in [-0.39, 0.29) is 24.8 Å². The smallest absolute Gasteiger partial charge is 0.325 e. The van der Waals surface area contributed by atoms with Gasteiger partial charge in [0.05, 0.1) is 26.1 Å². The van der Waals surface area contributed by atoms with Crippen LogP contribution in [-0.4, -0.2) is 77.8 Å². The second-order valence-electron chi connectivity index (χ2n) is 5.58. The third-order valence-corrected chi connectivity index (χ3v) is 4.66. The predicted octanol–water partition coefficient (Wildman–Crippen LogP) is 1.41. The highest BCUT2D eigenvalue weighted by Gasteiger charge is 2.19. The molecule has 0 saturated heterocycles. The van der Waals surface area contributed by atoms with E-state index in [2.05, 4.69) is 10.2 Å². The van der Waals surface area contributed by atoms with Gasteiger partial charge < -0.3 is 19.1 Å². The molecule has 9 nitrogen and oxygen atoms in total. The molecule has 0 N–H and O–H groups in total. The number of nitrogens with zero attached hydrogens (tertiary/aromatic N) is 4. The number of thioether (sulfide) groups is 1. The summed E-state index contributed by atoms with van der Waals surface area (Å²) in [6, 6.07) is 7.42. The number of hydrogen-bond acceptors (Lipinski definition) is 8. The van der Waals surface area contributed by atoms with E-state index in [9.17, 15) is 9.59 Å². The molecule has 0 atom stereocenters. The molecule has 0 saturated carbocycles. The number of ether oxygens (including phenoxy) is 3. The van der Waals surface area contributed by atoms with Gasteiger partial charge in [-0.25, -0.2) is 0 Å². The lowest BCUT2D eigenvalue weighted by Crippen LogP contribution is -2.39. The summed E-state index contributed by atoms with van der Waals surface area (Å²) in [4.78, 5) is 25.7. The van der Waals surface area contributed by atoms with E-state index in [1.54, 1.807) is 32.0 Å². The molecule has 0 radical (unpaired) electrons. The average Bonchev–Trinajstić information content (AvgIpc) is 3.18. The fraction of sp³-hybridized carbons (Fsp3) is 0.444. The predicted molar refractivity (Wildman–Crippen MR) is 104 cm³/mol. The molecule has 28 heavy (non-hydrogen) atoms. The third kappa shape index (κ3) is 6.24. The lowest BCUT2D eigenvalue weighted by Gasteiger charge is -2.21. The lowest BCUT2D eigenvalue weighted by molar-refractivity contribution is -0.148. The first kappa shape index (κ1) is 21.7. The van der Waals surface area contributed by atoms with Crippen molar-refractivity contribution < 1.29 is 23.8 Å². The van der Waals surface area contributed by atoms with Crippen LogP contribution >= 0.6 is 11.8 Å². The molecule has 1 aromatic carbocycles. The Morgan fingerprint density at radius 3 is 2.61 bits per heavy atom. The molecule has 2 aromatic rings. The zero-order valence-electron chi connectivity index (χ0n) is 16.2. The van der Waals surface area contributed by atoms with Gasteiger partial charge >= 0.3 is 5.97 Å². The molecule has 0 aliphatic rings. The van der Waals surface area contributed by atoms with Crippen molar-refractivity contribution in [3.05, 3.63) is 30.6 Å². The van der Waals surface area contributed by atoms with Gasteiger partial charge in [-0.2, -0.15) is 0 Å². The van der Waals surface area contributed by atoms with E-state index in [0.717, 1.165) is 11.4 Å². The summed E-state index contributed by atoms with van der Waals surface area (Å²) in [5.74, 6) is 0.199. The molecule has 1 heterocycles. The van der Waals surface area contributed by atoms with Crippen LogP contribution in [0.5, 0.6) is 5.75 Å². The number of carbonyl (C=O) groups excluding carboxylic acids is 2. The summed E-state index contributed by atoms with van der Waals surface area (Å²) in [5, 5.41) is 8.58. The first-order chi connectivity index (χ1) is 13.6. The Hall–Kier alpha value is -2.59. The van der Waals surface area contributed by atoms with E-state index in [4.69, 9.17) is 14.2 Å². The molecule has 0 aliphatic carbocycles. The van der Waals surface area contributed by atoms with E-state index in [0.29, 0.717) is 18.3 Å². The lowest BCUT2D eigenvalue weighted by atomic mass is 10.3. The first-order valence-electron chi connectivity index (χ1n) is 8.68. The van der Waals surface area contributed by atoms with Crippen molar-refractivity contribution in [3.63, 3.8) is 0 Å². The SMILES string of the molecule is CCOC(=O)CN(CCOC)C(=O)CSc1nncn1-c1ccc(OC)cc1. The van der Waals surface area contributed by atoms with Gasteiger partial charge in [0.1, 0.15) is 18.6 Å². The van der Waals surface area contributed by atoms with Crippen LogP contribution in [0.25, 0.3) is 5.69 Å². The third-order valence-electron chi connectivity index (χ3n) is 3.74. The molecule has 2 rings (SSSR count). The fourth-order valence-electron chi connectivity index (χ4n) is 2.32. The molecule has 1 aromatic heterocycles. The molecular formula is C18H24N4O5S. The number of carbonyl (C=O) groups is 2. The Morgan fingerprint density at radius 2 is 1.96 bits per heavy atom. The molecule has 0 fully saturated rings. The van der Waals surface area contributed by atoms with Crippen LogP contribution in [0.1, 0.15) is 6.92 Å².